The minimum Gasteiger partial charge on any atom is -0.368 e. The minimum absolute atomic E-state index is 0.165. The Bertz CT molecular complexity index is 903. The standard InChI is InChI=1S/C25H31F3N4O/c1-20(24(33)32-17-15-31(16-18-32)23-5-3-2-4-6-23)30-13-11-29(12-14-30)19-21-7-9-22(10-8-21)25(26,27)28/h2-10,20H,11-19H2,1H3. The first-order chi connectivity index (χ1) is 15.8. The summed E-state index contributed by atoms with van der Waals surface area (Å²) in [6, 6.07) is 15.5. The van der Waals surface area contributed by atoms with Crippen molar-refractivity contribution in [3.05, 3.63) is 65.7 Å². The first-order valence-corrected chi connectivity index (χ1v) is 11.5. The number of amides is 1. The smallest absolute Gasteiger partial charge is 0.368 e. The number of nitrogens with zero attached hydrogens (tertiary/aromatic N) is 4. The van der Waals surface area contributed by atoms with Gasteiger partial charge in [0.05, 0.1) is 11.6 Å². The second-order valence-electron chi connectivity index (χ2n) is 8.83. The molecule has 0 radical (unpaired) electrons. The van der Waals surface area contributed by atoms with Gasteiger partial charge in [0.2, 0.25) is 5.91 Å². The summed E-state index contributed by atoms with van der Waals surface area (Å²) in [5.74, 6) is 0.180. The number of carbonyl (C=O) groups excluding carboxylic acids is 1. The van der Waals surface area contributed by atoms with Gasteiger partial charge in [0.25, 0.3) is 0 Å². The van der Waals surface area contributed by atoms with Crippen molar-refractivity contribution in [2.24, 2.45) is 0 Å². The normalized spacial score (nSPS) is 19.5. The summed E-state index contributed by atoms with van der Waals surface area (Å²) in [6.07, 6.45) is -4.30. The molecule has 33 heavy (non-hydrogen) atoms. The van der Waals surface area contributed by atoms with Crippen molar-refractivity contribution in [3.63, 3.8) is 0 Å². The molecule has 1 amide bonds. The van der Waals surface area contributed by atoms with Crippen LogP contribution in [-0.4, -0.2) is 79.0 Å². The van der Waals surface area contributed by atoms with E-state index in [1.54, 1.807) is 12.1 Å². The van der Waals surface area contributed by atoms with E-state index in [-0.39, 0.29) is 11.9 Å². The molecule has 4 rings (SSSR count). The molecule has 0 aromatic heterocycles. The third-order valence-corrected chi connectivity index (χ3v) is 6.71. The zero-order valence-electron chi connectivity index (χ0n) is 19.0. The van der Waals surface area contributed by atoms with Crippen molar-refractivity contribution in [3.8, 4) is 0 Å². The minimum atomic E-state index is -4.30. The van der Waals surface area contributed by atoms with Crippen LogP contribution in [0, 0.1) is 0 Å². The van der Waals surface area contributed by atoms with Crippen molar-refractivity contribution in [1.29, 1.82) is 0 Å². The molecule has 0 aliphatic carbocycles. The Kier molecular flexibility index (Phi) is 7.24. The fourth-order valence-corrected chi connectivity index (χ4v) is 4.61. The van der Waals surface area contributed by atoms with Gasteiger partial charge < -0.3 is 9.80 Å². The molecule has 2 saturated heterocycles. The van der Waals surface area contributed by atoms with Gasteiger partial charge in [0.1, 0.15) is 0 Å². The van der Waals surface area contributed by atoms with E-state index in [0.29, 0.717) is 6.54 Å². The van der Waals surface area contributed by atoms with E-state index >= 15 is 0 Å². The maximum atomic E-state index is 13.1. The molecule has 0 spiro atoms. The highest BCUT2D eigenvalue weighted by Crippen LogP contribution is 2.29. The highest BCUT2D eigenvalue weighted by Gasteiger charge is 2.31. The van der Waals surface area contributed by atoms with Crippen LogP contribution < -0.4 is 4.90 Å². The Morgan fingerprint density at radius 3 is 2.03 bits per heavy atom. The zero-order valence-corrected chi connectivity index (χ0v) is 19.0. The Hall–Kier alpha value is -2.58. The molecule has 0 saturated carbocycles. The monoisotopic (exact) mass is 460 g/mol. The average Bonchev–Trinajstić information content (AvgIpc) is 2.84. The molecule has 0 N–H and O–H groups in total. The third kappa shape index (κ3) is 5.86. The Balaban J connectivity index is 1.23. The molecule has 178 valence electrons. The number of alkyl halides is 3. The van der Waals surface area contributed by atoms with Crippen LogP contribution in [0.15, 0.2) is 54.6 Å². The summed E-state index contributed by atoms with van der Waals surface area (Å²) in [7, 11) is 0. The van der Waals surface area contributed by atoms with Crippen molar-refractivity contribution in [2.75, 3.05) is 57.3 Å². The first kappa shape index (κ1) is 23.6. The maximum Gasteiger partial charge on any atom is 0.416 e. The molecule has 2 aliphatic rings. The molecule has 1 atom stereocenters. The molecule has 2 aromatic carbocycles. The molecule has 2 heterocycles. The lowest BCUT2D eigenvalue weighted by Crippen LogP contribution is -2.57. The maximum absolute atomic E-state index is 13.1. The summed E-state index contributed by atoms with van der Waals surface area (Å²) in [5, 5.41) is 0. The average molecular weight is 461 g/mol. The number of halogens is 3. The molecule has 2 aliphatic heterocycles. The first-order valence-electron chi connectivity index (χ1n) is 11.5. The molecule has 8 heteroatoms. The number of benzene rings is 2. The predicted molar refractivity (Wildman–Crippen MR) is 123 cm³/mol. The number of para-hydroxylation sites is 1. The lowest BCUT2D eigenvalue weighted by molar-refractivity contribution is -0.138. The van der Waals surface area contributed by atoms with Crippen molar-refractivity contribution in [2.45, 2.75) is 25.7 Å². The van der Waals surface area contributed by atoms with Gasteiger partial charge in [0.15, 0.2) is 0 Å². The van der Waals surface area contributed by atoms with Crippen molar-refractivity contribution < 1.29 is 18.0 Å². The number of rotatable bonds is 5. The molecule has 0 bridgehead atoms. The number of carbonyl (C=O) groups is 1. The molecule has 1 unspecified atom stereocenters. The van der Waals surface area contributed by atoms with Crippen molar-refractivity contribution in [1.82, 2.24) is 14.7 Å². The topological polar surface area (TPSA) is 30.0 Å². The van der Waals surface area contributed by atoms with Gasteiger partial charge in [0, 0.05) is 64.6 Å². The summed E-state index contributed by atoms with van der Waals surface area (Å²) in [4.78, 5) is 21.8. The van der Waals surface area contributed by atoms with Gasteiger partial charge in [-0.1, -0.05) is 30.3 Å². The van der Waals surface area contributed by atoms with E-state index < -0.39 is 11.7 Å². The van der Waals surface area contributed by atoms with Gasteiger partial charge in [-0.2, -0.15) is 13.2 Å². The van der Waals surface area contributed by atoms with Gasteiger partial charge in [-0.15, -0.1) is 0 Å². The van der Waals surface area contributed by atoms with Crippen LogP contribution in [0.1, 0.15) is 18.1 Å². The largest absolute Gasteiger partial charge is 0.416 e. The molecule has 2 aromatic rings. The highest BCUT2D eigenvalue weighted by atomic mass is 19.4. The predicted octanol–water partition coefficient (Wildman–Crippen LogP) is 3.56. The second kappa shape index (κ2) is 10.1. The van der Waals surface area contributed by atoms with Crippen LogP contribution in [0.4, 0.5) is 18.9 Å². The third-order valence-electron chi connectivity index (χ3n) is 6.71. The van der Waals surface area contributed by atoms with E-state index in [9.17, 15) is 18.0 Å². The van der Waals surface area contributed by atoms with E-state index in [2.05, 4.69) is 26.8 Å². The summed E-state index contributed by atoms with van der Waals surface area (Å²) < 4.78 is 38.2. The molecular weight excluding hydrogens is 429 g/mol. The van der Waals surface area contributed by atoms with Gasteiger partial charge in [-0.3, -0.25) is 14.6 Å². The Morgan fingerprint density at radius 2 is 1.45 bits per heavy atom. The van der Waals surface area contributed by atoms with Gasteiger partial charge in [-0.05, 0) is 36.8 Å². The van der Waals surface area contributed by atoms with E-state index in [4.69, 9.17) is 0 Å². The van der Waals surface area contributed by atoms with E-state index in [1.165, 1.54) is 5.69 Å². The van der Waals surface area contributed by atoms with Gasteiger partial charge >= 0.3 is 6.18 Å². The SMILES string of the molecule is CC(C(=O)N1CCN(c2ccccc2)CC1)N1CCN(Cc2ccc(C(F)(F)F)cc2)CC1. The molecule has 5 nitrogen and oxygen atoms in total. The van der Waals surface area contributed by atoms with Crippen molar-refractivity contribution >= 4 is 11.6 Å². The fraction of sp³-hybridized carbons (Fsp3) is 0.480. The molecular formula is C25H31F3N4O. The summed E-state index contributed by atoms with van der Waals surface area (Å²) in [6.45, 7) is 8.87. The number of anilines is 1. The Labute approximate surface area is 193 Å². The lowest BCUT2D eigenvalue weighted by Gasteiger charge is -2.41. The number of hydrogen-bond acceptors (Lipinski definition) is 4. The fourth-order valence-electron chi connectivity index (χ4n) is 4.61. The quantitative estimate of drug-likeness (QED) is 0.683. The number of hydrogen-bond donors (Lipinski definition) is 0. The van der Waals surface area contributed by atoms with E-state index in [1.807, 2.05) is 30.0 Å². The summed E-state index contributed by atoms with van der Waals surface area (Å²) in [5.41, 5.74) is 1.45. The number of piperazine rings is 2. The van der Waals surface area contributed by atoms with Crippen LogP contribution in [0.5, 0.6) is 0 Å². The van der Waals surface area contributed by atoms with E-state index in [0.717, 1.165) is 70.1 Å². The highest BCUT2D eigenvalue weighted by molar-refractivity contribution is 5.81. The molecule has 2 fully saturated rings. The van der Waals surface area contributed by atoms with Crippen LogP contribution in [0.25, 0.3) is 0 Å². The zero-order chi connectivity index (χ0) is 23.4. The van der Waals surface area contributed by atoms with Gasteiger partial charge in [-0.25, -0.2) is 0 Å². The van der Waals surface area contributed by atoms with Crippen LogP contribution in [0.2, 0.25) is 0 Å². The lowest BCUT2D eigenvalue weighted by atomic mass is 10.1. The van der Waals surface area contributed by atoms with Crippen LogP contribution in [-0.2, 0) is 17.5 Å². The van der Waals surface area contributed by atoms with Crippen LogP contribution >= 0.6 is 0 Å². The van der Waals surface area contributed by atoms with Crippen LogP contribution in [0.3, 0.4) is 0 Å². The summed E-state index contributed by atoms with van der Waals surface area (Å²) >= 11 is 0. The second-order valence-corrected chi connectivity index (χ2v) is 8.83. The Morgan fingerprint density at radius 1 is 0.848 bits per heavy atom.